The van der Waals surface area contributed by atoms with Crippen molar-refractivity contribution in [2.24, 2.45) is 0 Å². The Bertz CT molecular complexity index is 456. The summed E-state index contributed by atoms with van der Waals surface area (Å²) in [4.78, 5) is 0. The first kappa shape index (κ1) is 10.9. The molecule has 0 saturated carbocycles. The molecule has 3 heteroatoms. The van der Waals surface area contributed by atoms with E-state index in [0.29, 0.717) is 13.2 Å². The van der Waals surface area contributed by atoms with Crippen LogP contribution in [0, 0.1) is 0 Å². The van der Waals surface area contributed by atoms with Crippen molar-refractivity contribution in [2.45, 2.75) is 6.42 Å². The predicted molar refractivity (Wildman–Crippen MR) is 63.8 cm³/mol. The lowest BCUT2D eigenvalue weighted by atomic mass is 10.1. The van der Waals surface area contributed by atoms with Crippen LogP contribution in [0.5, 0.6) is 5.75 Å². The van der Waals surface area contributed by atoms with E-state index < -0.39 is 0 Å². The third kappa shape index (κ3) is 2.72. The van der Waals surface area contributed by atoms with Crippen LogP contribution >= 0.6 is 0 Å². The molecule has 84 valence electrons. The summed E-state index contributed by atoms with van der Waals surface area (Å²) in [6, 6.07) is 14.2. The number of benzene rings is 2. The van der Waals surface area contributed by atoms with Crippen LogP contribution in [0.1, 0.15) is 6.42 Å². The molecule has 0 fully saturated rings. The Balaban J connectivity index is 2.02. The molecule has 0 aliphatic heterocycles. The van der Waals surface area contributed by atoms with E-state index in [9.17, 15) is 0 Å². The van der Waals surface area contributed by atoms with Gasteiger partial charge in [-0.3, -0.25) is 0 Å². The molecule has 0 atom stereocenters. The Morgan fingerprint density at radius 3 is 2.69 bits per heavy atom. The number of hydroxylamine groups is 1. The lowest BCUT2D eigenvalue weighted by molar-refractivity contribution is 0.157. The first-order valence-corrected chi connectivity index (χ1v) is 5.39. The van der Waals surface area contributed by atoms with Gasteiger partial charge in [-0.25, -0.2) is 5.48 Å². The zero-order valence-corrected chi connectivity index (χ0v) is 9.02. The highest BCUT2D eigenvalue weighted by Gasteiger charge is 1.96. The number of rotatable bonds is 5. The van der Waals surface area contributed by atoms with E-state index in [-0.39, 0.29) is 0 Å². The first-order valence-electron chi connectivity index (χ1n) is 5.39. The smallest absolute Gasteiger partial charge is 0.119 e. The molecule has 3 nitrogen and oxygen atoms in total. The monoisotopic (exact) mass is 217 g/mol. The van der Waals surface area contributed by atoms with Crippen molar-refractivity contribution in [1.82, 2.24) is 5.48 Å². The molecule has 2 aromatic carbocycles. The molecular weight excluding hydrogens is 202 g/mol. The molecule has 0 radical (unpaired) electrons. The third-order valence-corrected chi connectivity index (χ3v) is 2.42. The fourth-order valence-corrected chi connectivity index (χ4v) is 1.60. The average molecular weight is 217 g/mol. The first-order chi connectivity index (χ1) is 7.90. The van der Waals surface area contributed by atoms with Gasteiger partial charge >= 0.3 is 0 Å². The van der Waals surface area contributed by atoms with Crippen molar-refractivity contribution in [1.29, 1.82) is 0 Å². The molecule has 0 aliphatic carbocycles. The largest absolute Gasteiger partial charge is 0.494 e. The highest BCUT2D eigenvalue weighted by atomic mass is 16.5. The second kappa shape index (κ2) is 5.49. The summed E-state index contributed by atoms with van der Waals surface area (Å²) in [5, 5.41) is 10.8. The van der Waals surface area contributed by atoms with Crippen LogP contribution < -0.4 is 10.2 Å². The zero-order chi connectivity index (χ0) is 11.2. The number of hydrogen-bond acceptors (Lipinski definition) is 3. The fraction of sp³-hybridized carbons (Fsp3) is 0.231. The van der Waals surface area contributed by atoms with Gasteiger partial charge in [0, 0.05) is 6.54 Å². The third-order valence-electron chi connectivity index (χ3n) is 2.42. The molecule has 0 amide bonds. The summed E-state index contributed by atoms with van der Waals surface area (Å²) in [5.41, 5.74) is 2.10. The van der Waals surface area contributed by atoms with Gasteiger partial charge in [-0.05, 0) is 29.3 Å². The van der Waals surface area contributed by atoms with E-state index in [1.165, 1.54) is 10.8 Å². The molecule has 0 bridgehead atoms. The summed E-state index contributed by atoms with van der Waals surface area (Å²) in [7, 11) is 0. The molecule has 2 rings (SSSR count). The van der Waals surface area contributed by atoms with Crippen molar-refractivity contribution in [3.63, 3.8) is 0 Å². The molecular formula is C13H15NO2. The van der Waals surface area contributed by atoms with Crippen molar-refractivity contribution in [3.8, 4) is 5.75 Å². The molecule has 0 unspecified atom stereocenters. The summed E-state index contributed by atoms with van der Waals surface area (Å²) < 4.78 is 5.57. The number of fused-ring (bicyclic) bond motifs is 1. The Morgan fingerprint density at radius 2 is 1.88 bits per heavy atom. The highest BCUT2D eigenvalue weighted by molar-refractivity contribution is 5.83. The molecule has 2 aromatic rings. The second-order valence-electron chi connectivity index (χ2n) is 3.62. The summed E-state index contributed by atoms with van der Waals surface area (Å²) in [5.74, 6) is 0.872. The predicted octanol–water partition coefficient (Wildman–Crippen LogP) is 2.59. The molecule has 0 aliphatic rings. The van der Waals surface area contributed by atoms with E-state index in [0.717, 1.165) is 12.2 Å². The minimum Gasteiger partial charge on any atom is -0.494 e. The normalized spacial score (nSPS) is 10.6. The maximum atomic E-state index is 8.40. The molecule has 0 heterocycles. The number of ether oxygens (including phenoxy) is 1. The van der Waals surface area contributed by atoms with E-state index in [4.69, 9.17) is 9.94 Å². The second-order valence-corrected chi connectivity index (χ2v) is 3.62. The minimum absolute atomic E-state index is 0.549. The summed E-state index contributed by atoms with van der Waals surface area (Å²) in [6.45, 7) is 1.15. The topological polar surface area (TPSA) is 41.5 Å². The van der Waals surface area contributed by atoms with Crippen LogP contribution in [0.25, 0.3) is 10.8 Å². The van der Waals surface area contributed by atoms with Crippen LogP contribution in [-0.4, -0.2) is 18.4 Å². The van der Waals surface area contributed by atoms with Gasteiger partial charge in [-0.15, -0.1) is 0 Å². The maximum Gasteiger partial charge on any atom is 0.119 e. The minimum atomic E-state index is 0.549. The average Bonchev–Trinajstić information content (AvgIpc) is 2.34. The maximum absolute atomic E-state index is 8.40. The van der Waals surface area contributed by atoms with Gasteiger partial charge < -0.3 is 9.94 Å². The van der Waals surface area contributed by atoms with Gasteiger partial charge in [0.1, 0.15) is 5.75 Å². The Morgan fingerprint density at radius 1 is 1.06 bits per heavy atom. The lowest BCUT2D eigenvalue weighted by Crippen LogP contribution is -2.12. The van der Waals surface area contributed by atoms with Gasteiger partial charge in [0.2, 0.25) is 0 Å². The lowest BCUT2D eigenvalue weighted by Gasteiger charge is -2.06. The number of nitrogens with one attached hydrogen (secondary N) is 1. The standard InChI is InChI=1S/C13H15NO2/c15-14-8-3-9-16-13-7-6-11-4-1-2-5-12(11)10-13/h1-2,4-7,10,14-15H,3,8-9H2. The van der Waals surface area contributed by atoms with Crippen LogP contribution in [0.4, 0.5) is 0 Å². The Kier molecular flexibility index (Phi) is 3.75. The van der Waals surface area contributed by atoms with E-state index in [1.54, 1.807) is 0 Å². The molecule has 0 saturated heterocycles. The molecule has 16 heavy (non-hydrogen) atoms. The highest BCUT2D eigenvalue weighted by Crippen LogP contribution is 2.20. The Labute approximate surface area is 94.6 Å². The van der Waals surface area contributed by atoms with Crippen molar-refractivity contribution < 1.29 is 9.94 Å². The van der Waals surface area contributed by atoms with Crippen LogP contribution in [0.2, 0.25) is 0 Å². The van der Waals surface area contributed by atoms with Gasteiger partial charge in [-0.1, -0.05) is 30.3 Å². The van der Waals surface area contributed by atoms with Gasteiger partial charge in [-0.2, -0.15) is 0 Å². The number of hydrogen-bond donors (Lipinski definition) is 2. The van der Waals surface area contributed by atoms with Crippen LogP contribution in [0.15, 0.2) is 42.5 Å². The fourth-order valence-electron chi connectivity index (χ4n) is 1.60. The summed E-state index contributed by atoms with van der Waals surface area (Å²) >= 11 is 0. The molecule has 0 spiro atoms. The van der Waals surface area contributed by atoms with E-state index >= 15 is 0 Å². The van der Waals surface area contributed by atoms with Crippen molar-refractivity contribution in [3.05, 3.63) is 42.5 Å². The summed E-state index contributed by atoms with van der Waals surface area (Å²) in [6.07, 6.45) is 0.781. The van der Waals surface area contributed by atoms with Gasteiger partial charge in [0.25, 0.3) is 0 Å². The van der Waals surface area contributed by atoms with Gasteiger partial charge in [0.15, 0.2) is 0 Å². The molecule has 0 aromatic heterocycles. The van der Waals surface area contributed by atoms with Crippen molar-refractivity contribution in [2.75, 3.05) is 13.2 Å². The van der Waals surface area contributed by atoms with E-state index in [1.807, 2.05) is 24.3 Å². The van der Waals surface area contributed by atoms with Gasteiger partial charge in [0.05, 0.1) is 6.61 Å². The zero-order valence-electron chi connectivity index (χ0n) is 9.02. The van der Waals surface area contributed by atoms with Crippen LogP contribution in [-0.2, 0) is 0 Å². The Hall–Kier alpha value is -1.58. The molecule has 2 N–H and O–H groups in total. The van der Waals surface area contributed by atoms with Crippen LogP contribution in [0.3, 0.4) is 0 Å². The van der Waals surface area contributed by atoms with E-state index in [2.05, 4.69) is 23.7 Å². The SMILES string of the molecule is ONCCCOc1ccc2ccccc2c1. The quantitative estimate of drug-likeness (QED) is 0.597. The van der Waals surface area contributed by atoms with Crippen molar-refractivity contribution >= 4 is 10.8 Å².